The van der Waals surface area contributed by atoms with Gasteiger partial charge in [0, 0.05) is 24.0 Å². The lowest BCUT2D eigenvalue weighted by Crippen LogP contribution is -2.24. The van der Waals surface area contributed by atoms with Crippen LogP contribution >= 0.6 is 11.6 Å². The third kappa shape index (κ3) is 3.33. The first-order chi connectivity index (χ1) is 8.22. The topological polar surface area (TPSA) is 21.3 Å². The lowest BCUT2D eigenvalue weighted by Gasteiger charge is -2.11. The van der Waals surface area contributed by atoms with Gasteiger partial charge in [0.2, 0.25) is 0 Å². The average Bonchev–Trinajstić information content (AvgIpc) is 3.15. The highest BCUT2D eigenvalue weighted by molar-refractivity contribution is 6.21. The molecule has 0 saturated heterocycles. The lowest BCUT2D eigenvalue weighted by molar-refractivity contribution is 0.383. The van der Waals surface area contributed by atoms with Crippen LogP contribution in [0, 0.1) is 11.7 Å². The van der Waals surface area contributed by atoms with Crippen molar-refractivity contribution in [2.24, 2.45) is 5.92 Å². The van der Waals surface area contributed by atoms with E-state index in [1.165, 1.54) is 20.0 Å². The summed E-state index contributed by atoms with van der Waals surface area (Å²) in [4.78, 5) is 0. The van der Waals surface area contributed by atoms with Crippen LogP contribution in [0.4, 0.5) is 4.39 Å². The van der Waals surface area contributed by atoms with Crippen LogP contribution in [0.3, 0.4) is 0 Å². The van der Waals surface area contributed by atoms with Crippen molar-refractivity contribution < 1.29 is 9.13 Å². The summed E-state index contributed by atoms with van der Waals surface area (Å²) in [6, 6.07) is 5.16. The van der Waals surface area contributed by atoms with Gasteiger partial charge in [0.05, 0.1) is 7.11 Å². The SMILES string of the molecule is COc1cccc(CNCC(Cl)C2CC2)c1F. The lowest BCUT2D eigenvalue weighted by atomic mass is 10.2. The molecule has 1 atom stereocenters. The van der Waals surface area contributed by atoms with Gasteiger partial charge in [0.15, 0.2) is 11.6 Å². The monoisotopic (exact) mass is 257 g/mol. The van der Waals surface area contributed by atoms with Crippen molar-refractivity contribution in [2.75, 3.05) is 13.7 Å². The molecule has 1 aromatic rings. The number of halogens is 2. The van der Waals surface area contributed by atoms with Crippen molar-refractivity contribution in [3.8, 4) is 5.75 Å². The molecule has 0 heterocycles. The van der Waals surface area contributed by atoms with Gasteiger partial charge in [-0.3, -0.25) is 0 Å². The second-order valence-electron chi connectivity index (χ2n) is 4.42. The minimum atomic E-state index is -0.292. The van der Waals surface area contributed by atoms with Gasteiger partial charge in [-0.05, 0) is 24.8 Å². The largest absolute Gasteiger partial charge is 0.494 e. The second-order valence-corrected chi connectivity index (χ2v) is 4.98. The number of nitrogens with one attached hydrogen (secondary N) is 1. The predicted molar refractivity (Wildman–Crippen MR) is 67.0 cm³/mol. The number of benzene rings is 1. The molecule has 94 valence electrons. The highest BCUT2D eigenvalue weighted by Crippen LogP contribution is 2.35. The van der Waals surface area contributed by atoms with E-state index in [-0.39, 0.29) is 16.9 Å². The summed E-state index contributed by atoms with van der Waals surface area (Å²) in [6.45, 7) is 1.21. The smallest absolute Gasteiger partial charge is 0.169 e. The van der Waals surface area contributed by atoms with Gasteiger partial charge in [0.25, 0.3) is 0 Å². The molecule has 4 heteroatoms. The predicted octanol–water partition coefficient (Wildman–Crippen LogP) is 2.94. The van der Waals surface area contributed by atoms with Crippen LogP contribution in [-0.2, 0) is 6.54 Å². The van der Waals surface area contributed by atoms with E-state index in [9.17, 15) is 4.39 Å². The van der Waals surface area contributed by atoms with Crippen molar-refractivity contribution in [3.05, 3.63) is 29.6 Å². The molecule has 0 bridgehead atoms. The van der Waals surface area contributed by atoms with Gasteiger partial charge in [-0.1, -0.05) is 12.1 Å². The van der Waals surface area contributed by atoms with E-state index in [0.29, 0.717) is 18.0 Å². The minimum Gasteiger partial charge on any atom is -0.494 e. The number of ether oxygens (including phenoxy) is 1. The fourth-order valence-corrected chi connectivity index (χ4v) is 2.18. The summed E-state index contributed by atoms with van der Waals surface area (Å²) in [6.07, 6.45) is 2.45. The molecule has 0 spiro atoms. The zero-order valence-electron chi connectivity index (χ0n) is 9.88. The summed E-state index contributed by atoms with van der Waals surface area (Å²) in [5, 5.41) is 3.36. The molecule has 1 aromatic carbocycles. The average molecular weight is 258 g/mol. The third-order valence-corrected chi connectivity index (χ3v) is 3.56. The number of methoxy groups -OCH3 is 1. The summed E-state index contributed by atoms with van der Waals surface area (Å²) in [5.74, 6) is 0.647. The van der Waals surface area contributed by atoms with Gasteiger partial charge >= 0.3 is 0 Å². The molecule has 1 aliphatic carbocycles. The molecule has 1 aliphatic rings. The first kappa shape index (κ1) is 12.7. The maximum Gasteiger partial charge on any atom is 0.169 e. The van der Waals surface area contributed by atoms with Gasteiger partial charge in [0.1, 0.15) is 0 Å². The van der Waals surface area contributed by atoms with E-state index >= 15 is 0 Å². The fourth-order valence-electron chi connectivity index (χ4n) is 1.82. The zero-order valence-corrected chi connectivity index (χ0v) is 10.6. The molecule has 0 radical (unpaired) electrons. The van der Waals surface area contributed by atoms with Crippen LogP contribution in [0.25, 0.3) is 0 Å². The van der Waals surface area contributed by atoms with E-state index in [1.807, 2.05) is 0 Å². The Morgan fingerprint density at radius 3 is 2.94 bits per heavy atom. The number of rotatable bonds is 6. The molecule has 2 rings (SSSR count). The van der Waals surface area contributed by atoms with Crippen molar-refractivity contribution >= 4 is 11.6 Å². The summed E-state index contributed by atoms with van der Waals surface area (Å²) >= 11 is 6.16. The van der Waals surface area contributed by atoms with Gasteiger partial charge in [-0.15, -0.1) is 11.6 Å². The van der Waals surface area contributed by atoms with Crippen LogP contribution in [-0.4, -0.2) is 19.0 Å². The Balaban J connectivity index is 1.85. The molecule has 1 unspecified atom stereocenters. The Morgan fingerprint density at radius 1 is 1.53 bits per heavy atom. The first-order valence-corrected chi connectivity index (χ1v) is 6.32. The van der Waals surface area contributed by atoms with Gasteiger partial charge in [-0.2, -0.15) is 0 Å². The third-order valence-electron chi connectivity index (χ3n) is 3.05. The van der Waals surface area contributed by atoms with Gasteiger partial charge < -0.3 is 10.1 Å². The molecular weight excluding hydrogens is 241 g/mol. The van der Waals surface area contributed by atoms with Crippen LogP contribution in [0.2, 0.25) is 0 Å². The van der Waals surface area contributed by atoms with E-state index in [1.54, 1.807) is 18.2 Å². The Hall–Kier alpha value is -0.800. The molecular formula is C13H17ClFNO. The second kappa shape index (κ2) is 5.69. The van der Waals surface area contributed by atoms with E-state index in [0.717, 1.165) is 6.54 Å². The summed E-state index contributed by atoms with van der Waals surface area (Å²) in [5.41, 5.74) is 0.615. The van der Waals surface area contributed by atoms with Crippen LogP contribution < -0.4 is 10.1 Å². The van der Waals surface area contributed by atoms with Crippen LogP contribution in [0.5, 0.6) is 5.75 Å². The molecule has 1 saturated carbocycles. The summed E-state index contributed by atoms with van der Waals surface area (Å²) < 4.78 is 18.7. The van der Waals surface area contributed by atoms with Crippen molar-refractivity contribution in [2.45, 2.75) is 24.8 Å². The van der Waals surface area contributed by atoms with E-state index < -0.39 is 0 Å². The van der Waals surface area contributed by atoms with Crippen molar-refractivity contribution in [1.29, 1.82) is 0 Å². The number of hydrogen-bond acceptors (Lipinski definition) is 2. The molecule has 0 aromatic heterocycles. The van der Waals surface area contributed by atoms with Crippen LogP contribution in [0.1, 0.15) is 18.4 Å². The highest BCUT2D eigenvalue weighted by Gasteiger charge is 2.29. The zero-order chi connectivity index (χ0) is 12.3. The highest BCUT2D eigenvalue weighted by atomic mass is 35.5. The molecule has 0 aliphatic heterocycles. The van der Waals surface area contributed by atoms with E-state index in [2.05, 4.69) is 5.32 Å². The Bertz CT molecular complexity index is 382. The molecule has 1 N–H and O–H groups in total. The van der Waals surface area contributed by atoms with E-state index in [4.69, 9.17) is 16.3 Å². The summed E-state index contributed by atoms with van der Waals surface area (Å²) in [7, 11) is 1.47. The standard InChI is InChI=1S/C13H17ClFNO/c1-17-12-4-2-3-10(13(12)15)7-16-8-11(14)9-5-6-9/h2-4,9,11,16H,5-8H2,1H3. The van der Waals surface area contributed by atoms with Gasteiger partial charge in [-0.25, -0.2) is 4.39 Å². The van der Waals surface area contributed by atoms with Crippen molar-refractivity contribution in [3.63, 3.8) is 0 Å². The Labute approximate surface area is 106 Å². The van der Waals surface area contributed by atoms with Crippen molar-refractivity contribution in [1.82, 2.24) is 5.32 Å². The molecule has 1 fully saturated rings. The molecule has 0 amide bonds. The Kier molecular flexibility index (Phi) is 4.24. The molecule has 2 nitrogen and oxygen atoms in total. The maximum atomic E-state index is 13.8. The number of alkyl halides is 1. The normalized spacial score (nSPS) is 16.9. The minimum absolute atomic E-state index is 0.170. The van der Waals surface area contributed by atoms with Crippen LogP contribution in [0.15, 0.2) is 18.2 Å². The molecule has 17 heavy (non-hydrogen) atoms. The quantitative estimate of drug-likeness (QED) is 0.792. The maximum absolute atomic E-state index is 13.8. The first-order valence-electron chi connectivity index (χ1n) is 5.88. The Morgan fingerprint density at radius 2 is 2.29 bits per heavy atom. The fraction of sp³-hybridized carbons (Fsp3) is 0.538. The number of hydrogen-bond donors (Lipinski definition) is 1.